The Morgan fingerprint density at radius 2 is 2.15 bits per heavy atom. The number of primary amides is 1. The quantitative estimate of drug-likeness (QED) is 0.703. The van der Waals surface area contributed by atoms with Gasteiger partial charge < -0.3 is 5.73 Å². The van der Waals surface area contributed by atoms with Gasteiger partial charge in [0.25, 0.3) is 0 Å². The molecule has 1 rings (SSSR count). The minimum absolute atomic E-state index is 0.242. The number of hydrogen-bond donors (Lipinski definition) is 1. The molecule has 0 aromatic carbocycles. The van der Waals surface area contributed by atoms with Gasteiger partial charge in [0.15, 0.2) is 6.04 Å². The van der Waals surface area contributed by atoms with Crippen molar-refractivity contribution in [2.45, 2.75) is 24.4 Å². The van der Waals surface area contributed by atoms with Crippen molar-refractivity contribution >= 4 is 22.7 Å². The Hall–Kier alpha value is -0.720. The number of hydrogen-bond acceptors (Lipinski definition) is 3. The van der Waals surface area contributed by atoms with Crippen LogP contribution in [0.2, 0.25) is 0 Å². The lowest BCUT2D eigenvalue weighted by atomic mass is 10.2. The molecule has 0 saturated carbocycles. The molecule has 0 aliphatic carbocycles. The average Bonchev–Trinajstić information content (AvgIpc) is 2.29. The first-order valence-electron chi connectivity index (χ1n) is 3.39. The fourth-order valence-corrected chi connectivity index (χ4v) is 2.00. The molecule has 2 unspecified atom stereocenters. The molecule has 0 bridgehead atoms. The maximum absolute atomic E-state index is 12.2. The zero-order valence-electron chi connectivity index (χ0n) is 6.63. The Labute approximate surface area is 76.6 Å². The predicted octanol–water partition coefficient (Wildman–Crippen LogP) is 0.936. The number of amides is 1. The zero-order valence-corrected chi connectivity index (χ0v) is 7.45. The molecule has 1 amide bonds. The van der Waals surface area contributed by atoms with E-state index in [-0.39, 0.29) is 5.04 Å². The first-order chi connectivity index (χ1) is 5.82. The highest BCUT2D eigenvalue weighted by atomic mass is 32.2. The van der Waals surface area contributed by atoms with E-state index in [1.54, 1.807) is 0 Å². The highest BCUT2D eigenvalue weighted by molar-refractivity contribution is 8.15. The van der Waals surface area contributed by atoms with Crippen LogP contribution in [-0.2, 0) is 4.79 Å². The number of nitrogens with two attached hydrogens (primary N) is 1. The number of carbonyl (C=O) groups excluding carboxylic acids is 1. The topological polar surface area (TPSA) is 55.4 Å². The van der Waals surface area contributed by atoms with Crippen LogP contribution in [-0.4, -0.2) is 28.4 Å². The average molecular weight is 212 g/mol. The lowest BCUT2D eigenvalue weighted by Gasteiger charge is -2.16. The SMILES string of the molecule is CC1=NC(C(F)(F)F)C(C(N)=O)S1. The number of nitrogens with zero attached hydrogens (tertiary/aromatic N) is 1. The van der Waals surface area contributed by atoms with E-state index in [1.807, 2.05) is 0 Å². The molecule has 1 heterocycles. The summed E-state index contributed by atoms with van der Waals surface area (Å²) >= 11 is 0.764. The number of thioether (sulfide) groups is 1. The molecule has 0 aromatic heterocycles. The summed E-state index contributed by atoms with van der Waals surface area (Å²) in [6.07, 6.45) is -4.50. The van der Waals surface area contributed by atoms with Crippen molar-refractivity contribution in [1.82, 2.24) is 0 Å². The van der Waals surface area contributed by atoms with Gasteiger partial charge in [0.05, 0.1) is 5.04 Å². The fourth-order valence-electron chi connectivity index (χ4n) is 1.00. The van der Waals surface area contributed by atoms with Gasteiger partial charge in [0.1, 0.15) is 5.25 Å². The summed E-state index contributed by atoms with van der Waals surface area (Å²) in [5, 5.41) is -1.06. The summed E-state index contributed by atoms with van der Waals surface area (Å²) in [6.45, 7) is 1.42. The molecule has 13 heavy (non-hydrogen) atoms. The normalized spacial score (nSPS) is 28.8. The Balaban J connectivity index is 2.87. The first kappa shape index (κ1) is 10.4. The largest absolute Gasteiger partial charge is 0.412 e. The molecule has 3 nitrogen and oxygen atoms in total. The van der Waals surface area contributed by atoms with Crippen LogP contribution < -0.4 is 5.73 Å². The van der Waals surface area contributed by atoms with E-state index in [4.69, 9.17) is 5.73 Å². The summed E-state index contributed by atoms with van der Waals surface area (Å²) in [4.78, 5) is 13.9. The molecule has 2 atom stereocenters. The van der Waals surface area contributed by atoms with Gasteiger partial charge in [0, 0.05) is 0 Å². The summed E-state index contributed by atoms with van der Waals surface area (Å²) in [5.41, 5.74) is 4.81. The third kappa shape index (κ3) is 2.15. The molecular weight excluding hydrogens is 205 g/mol. The molecule has 1 aliphatic rings. The predicted molar refractivity (Wildman–Crippen MR) is 43.5 cm³/mol. The third-order valence-corrected chi connectivity index (χ3v) is 2.71. The molecule has 74 valence electrons. The van der Waals surface area contributed by atoms with Crippen LogP contribution in [0.4, 0.5) is 13.2 Å². The van der Waals surface area contributed by atoms with Crippen molar-refractivity contribution in [2.24, 2.45) is 10.7 Å². The van der Waals surface area contributed by atoms with Gasteiger partial charge in [-0.25, -0.2) is 0 Å². The van der Waals surface area contributed by atoms with E-state index < -0.39 is 23.4 Å². The molecule has 0 saturated heterocycles. The maximum Gasteiger partial charge on any atom is 0.412 e. The van der Waals surface area contributed by atoms with Crippen LogP contribution in [0.1, 0.15) is 6.92 Å². The Kier molecular flexibility index (Phi) is 2.56. The summed E-state index contributed by atoms with van der Waals surface area (Å²) in [7, 11) is 0. The standard InChI is InChI=1S/C6H7F3N2OS/c1-2-11-4(6(7,8)9)3(13-2)5(10)12/h3-4H,1H3,(H2,10,12). The fraction of sp³-hybridized carbons (Fsp3) is 0.667. The summed E-state index contributed by atoms with van der Waals surface area (Å²) in [6, 6.07) is -1.98. The van der Waals surface area contributed by atoms with Crippen LogP contribution in [0, 0.1) is 0 Å². The Morgan fingerprint density at radius 3 is 2.46 bits per heavy atom. The van der Waals surface area contributed by atoms with Gasteiger partial charge in [0.2, 0.25) is 5.91 Å². The number of carbonyl (C=O) groups is 1. The van der Waals surface area contributed by atoms with Crippen molar-refractivity contribution < 1.29 is 18.0 Å². The summed E-state index contributed by atoms with van der Waals surface area (Å²) < 4.78 is 36.6. The Bertz CT molecular complexity index is 263. The number of alkyl halides is 3. The van der Waals surface area contributed by atoms with E-state index in [1.165, 1.54) is 6.92 Å². The summed E-state index contributed by atoms with van der Waals surface area (Å²) in [5.74, 6) is -0.979. The highest BCUT2D eigenvalue weighted by Crippen LogP contribution is 2.36. The molecule has 1 aliphatic heterocycles. The monoisotopic (exact) mass is 212 g/mol. The van der Waals surface area contributed by atoms with Crippen LogP contribution in [0.15, 0.2) is 4.99 Å². The van der Waals surface area contributed by atoms with Crippen LogP contribution in [0.25, 0.3) is 0 Å². The molecule has 0 spiro atoms. The zero-order chi connectivity index (χ0) is 10.2. The second-order valence-corrected chi connectivity index (χ2v) is 3.91. The van der Waals surface area contributed by atoms with Gasteiger partial charge in [-0.3, -0.25) is 9.79 Å². The van der Waals surface area contributed by atoms with E-state index in [2.05, 4.69) is 4.99 Å². The second-order valence-electron chi connectivity index (χ2n) is 2.58. The van der Waals surface area contributed by atoms with Crippen molar-refractivity contribution in [1.29, 1.82) is 0 Å². The van der Waals surface area contributed by atoms with Gasteiger partial charge in [-0.05, 0) is 6.92 Å². The van der Waals surface area contributed by atoms with Crippen molar-refractivity contribution in [3.8, 4) is 0 Å². The number of rotatable bonds is 1. The van der Waals surface area contributed by atoms with E-state index >= 15 is 0 Å². The minimum Gasteiger partial charge on any atom is -0.369 e. The van der Waals surface area contributed by atoms with Gasteiger partial charge >= 0.3 is 6.18 Å². The lowest BCUT2D eigenvalue weighted by molar-refractivity contribution is -0.151. The smallest absolute Gasteiger partial charge is 0.369 e. The van der Waals surface area contributed by atoms with E-state index in [0.717, 1.165) is 11.8 Å². The van der Waals surface area contributed by atoms with E-state index in [0.29, 0.717) is 0 Å². The van der Waals surface area contributed by atoms with Gasteiger partial charge in [-0.2, -0.15) is 13.2 Å². The number of halogens is 3. The maximum atomic E-state index is 12.2. The molecular formula is C6H7F3N2OS. The lowest BCUT2D eigenvalue weighted by Crippen LogP contribution is -2.41. The van der Waals surface area contributed by atoms with Crippen molar-refractivity contribution in [2.75, 3.05) is 0 Å². The second kappa shape index (κ2) is 3.21. The van der Waals surface area contributed by atoms with Crippen LogP contribution in [0.3, 0.4) is 0 Å². The van der Waals surface area contributed by atoms with Crippen LogP contribution in [0.5, 0.6) is 0 Å². The molecule has 2 N–H and O–H groups in total. The van der Waals surface area contributed by atoms with Crippen molar-refractivity contribution in [3.05, 3.63) is 0 Å². The molecule has 0 aromatic rings. The molecule has 0 radical (unpaired) electrons. The third-order valence-electron chi connectivity index (χ3n) is 1.52. The Morgan fingerprint density at radius 1 is 1.62 bits per heavy atom. The van der Waals surface area contributed by atoms with Gasteiger partial charge in [-0.1, -0.05) is 11.8 Å². The molecule has 0 fully saturated rings. The van der Waals surface area contributed by atoms with E-state index in [9.17, 15) is 18.0 Å². The first-order valence-corrected chi connectivity index (χ1v) is 4.27. The highest BCUT2D eigenvalue weighted by Gasteiger charge is 2.50. The van der Waals surface area contributed by atoms with Crippen LogP contribution >= 0.6 is 11.8 Å². The minimum atomic E-state index is -4.50. The number of aliphatic imine (C=N–C) groups is 1. The van der Waals surface area contributed by atoms with Crippen molar-refractivity contribution in [3.63, 3.8) is 0 Å². The molecule has 7 heteroatoms. The van der Waals surface area contributed by atoms with Gasteiger partial charge in [-0.15, -0.1) is 0 Å².